The third-order valence-electron chi connectivity index (χ3n) is 5.70. The van der Waals surface area contributed by atoms with Crippen LogP contribution in [0.1, 0.15) is 34.5 Å². The molecule has 7 nitrogen and oxygen atoms in total. The summed E-state index contributed by atoms with van der Waals surface area (Å²) in [6.45, 7) is 5.27. The Balaban J connectivity index is 1.38. The highest BCUT2D eigenvalue weighted by Gasteiger charge is 2.22. The Labute approximate surface area is 188 Å². The van der Waals surface area contributed by atoms with Crippen molar-refractivity contribution in [3.63, 3.8) is 0 Å². The minimum Gasteiger partial charge on any atom is -0.378 e. The second-order valence-corrected chi connectivity index (χ2v) is 9.30. The largest absolute Gasteiger partial charge is 0.378 e. The zero-order valence-electron chi connectivity index (χ0n) is 18.3. The molecule has 31 heavy (non-hydrogen) atoms. The number of carbonyl (C=O) groups excluding carboxylic acids is 1. The lowest BCUT2D eigenvalue weighted by Crippen LogP contribution is -2.44. The molecule has 2 heterocycles. The van der Waals surface area contributed by atoms with Gasteiger partial charge in [-0.15, -0.1) is 0 Å². The second-order valence-electron chi connectivity index (χ2n) is 8.36. The molecular weight excluding hydrogens is 410 g/mol. The molecule has 0 bridgehead atoms. The number of thioether (sulfide) groups is 1. The van der Waals surface area contributed by atoms with Gasteiger partial charge in [0.15, 0.2) is 5.16 Å². The minimum absolute atomic E-state index is 0.0125. The van der Waals surface area contributed by atoms with Crippen molar-refractivity contribution in [2.24, 2.45) is 5.92 Å². The lowest BCUT2D eigenvalue weighted by molar-refractivity contribution is 0.0952. The van der Waals surface area contributed by atoms with Gasteiger partial charge >= 0.3 is 0 Å². The number of hydrogen-bond acceptors (Lipinski definition) is 7. The average molecular weight is 442 g/mol. The molecule has 0 spiro atoms. The van der Waals surface area contributed by atoms with E-state index < -0.39 is 0 Å². The number of aromatic nitrogens is 2. The van der Waals surface area contributed by atoms with Crippen molar-refractivity contribution in [3.8, 4) is 0 Å². The maximum absolute atomic E-state index is 12.2. The molecular formula is C23H31N5O2S. The van der Waals surface area contributed by atoms with Crippen LogP contribution in [0.25, 0.3) is 0 Å². The predicted octanol–water partition coefficient (Wildman–Crippen LogP) is 2.81. The molecule has 4 rings (SSSR count). The minimum atomic E-state index is 0.0125. The standard InChI is InChI=1S/C23H31N5O2S/c1-27-9-11-28(12-10-27)21-13-20(15-30-2)25-23(26-21)31-16-18-5-7-19(8-6-18)22(29)24-14-17-3-4-17/h5-8,13,17H,3-4,9-12,14-16H2,1-2H3,(H,24,29). The smallest absolute Gasteiger partial charge is 0.251 e. The Bertz CT molecular complexity index is 880. The summed E-state index contributed by atoms with van der Waals surface area (Å²) in [7, 11) is 3.84. The molecule has 166 valence electrons. The molecule has 1 amide bonds. The normalized spacial score (nSPS) is 17.0. The Morgan fingerprint density at radius 3 is 2.58 bits per heavy atom. The van der Waals surface area contributed by atoms with Crippen LogP contribution < -0.4 is 10.2 Å². The zero-order valence-corrected chi connectivity index (χ0v) is 19.2. The van der Waals surface area contributed by atoms with Crippen molar-refractivity contribution >= 4 is 23.5 Å². The molecule has 0 atom stereocenters. The molecule has 0 radical (unpaired) electrons. The van der Waals surface area contributed by atoms with Crippen LogP contribution in [0.4, 0.5) is 5.82 Å². The van der Waals surface area contributed by atoms with Crippen LogP contribution in [0.2, 0.25) is 0 Å². The molecule has 0 unspecified atom stereocenters. The topological polar surface area (TPSA) is 70.6 Å². The number of ether oxygens (including phenoxy) is 1. The van der Waals surface area contributed by atoms with E-state index in [0.29, 0.717) is 18.1 Å². The number of benzene rings is 1. The van der Waals surface area contributed by atoms with Gasteiger partial charge in [-0.1, -0.05) is 23.9 Å². The Morgan fingerprint density at radius 2 is 1.90 bits per heavy atom. The Hall–Kier alpha value is -2.16. The third kappa shape index (κ3) is 6.41. The first-order valence-electron chi connectivity index (χ1n) is 10.9. The lowest BCUT2D eigenvalue weighted by Gasteiger charge is -2.33. The average Bonchev–Trinajstić information content (AvgIpc) is 3.62. The molecule has 1 saturated carbocycles. The maximum Gasteiger partial charge on any atom is 0.251 e. The Morgan fingerprint density at radius 1 is 1.16 bits per heavy atom. The van der Waals surface area contributed by atoms with Crippen LogP contribution >= 0.6 is 11.8 Å². The van der Waals surface area contributed by atoms with E-state index in [2.05, 4.69) is 27.1 Å². The van der Waals surface area contributed by atoms with Gasteiger partial charge < -0.3 is 19.9 Å². The van der Waals surface area contributed by atoms with Gasteiger partial charge in [-0.3, -0.25) is 4.79 Å². The van der Waals surface area contributed by atoms with Crippen LogP contribution in [-0.2, 0) is 17.1 Å². The van der Waals surface area contributed by atoms with Gasteiger partial charge in [-0.2, -0.15) is 0 Å². The van der Waals surface area contributed by atoms with Crippen molar-refractivity contribution in [3.05, 3.63) is 47.2 Å². The summed E-state index contributed by atoms with van der Waals surface area (Å²) in [6.07, 6.45) is 2.47. The van der Waals surface area contributed by atoms with Gasteiger partial charge in [0.25, 0.3) is 5.91 Å². The number of nitrogens with zero attached hydrogens (tertiary/aromatic N) is 4. The first-order chi connectivity index (χ1) is 15.1. The summed E-state index contributed by atoms with van der Waals surface area (Å²) < 4.78 is 5.31. The van der Waals surface area contributed by atoms with Crippen molar-refractivity contribution in [1.82, 2.24) is 20.2 Å². The van der Waals surface area contributed by atoms with E-state index in [1.165, 1.54) is 12.8 Å². The summed E-state index contributed by atoms with van der Waals surface area (Å²) >= 11 is 1.61. The highest BCUT2D eigenvalue weighted by atomic mass is 32.2. The second kappa shape index (κ2) is 10.4. The van der Waals surface area contributed by atoms with Crippen LogP contribution in [-0.4, -0.2) is 67.7 Å². The molecule has 1 aliphatic carbocycles. The van der Waals surface area contributed by atoms with Gasteiger partial charge in [0.1, 0.15) is 5.82 Å². The molecule has 1 aromatic carbocycles. The number of hydrogen-bond donors (Lipinski definition) is 1. The molecule has 1 aliphatic heterocycles. The first kappa shape index (κ1) is 22.0. The quantitative estimate of drug-likeness (QED) is 0.474. The first-order valence-corrected chi connectivity index (χ1v) is 11.9. The monoisotopic (exact) mass is 441 g/mol. The molecule has 1 aromatic heterocycles. The number of likely N-dealkylation sites (N-methyl/N-ethyl adjacent to an activating group) is 1. The molecule has 2 fully saturated rings. The highest BCUT2D eigenvalue weighted by molar-refractivity contribution is 7.98. The molecule has 2 aromatic rings. The van der Waals surface area contributed by atoms with Crippen molar-refractivity contribution < 1.29 is 9.53 Å². The van der Waals surface area contributed by atoms with E-state index in [9.17, 15) is 4.79 Å². The fourth-order valence-corrected chi connectivity index (χ4v) is 4.33. The van der Waals surface area contributed by atoms with Crippen LogP contribution in [0.3, 0.4) is 0 Å². The summed E-state index contributed by atoms with van der Waals surface area (Å²) in [6, 6.07) is 9.86. The van der Waals surface area contributed by atoms with Crippen molar-refractivity contribution in [2.75, 3.05) is 51.8 Å². The summed E-state index contributed by atoms with van der Waals surface area (Å²) in [5, 5.41) is 3.77. The van der Waals surface area contributed by atoms with Crippen LogP contribution in [0.15, 0.2) is 35.5 Å². The fraction of sp³-hybridized carbons (Fsp3) is 0.522. The van der Waals surface area contributed by atoms with Gasteiger partial charge in [0.2, 0.25) is 0 Å². The Kier molecular flexibility index (Phi) is 7.42. The number of nitrogens with one attached hydrogen (secondary N) is 1. The van der Waals surface area contributed by atoms with E-state index in [0.717, 1.165) is 60.7 Å². The number of carbonyl (C=O) groups is 1. The van der Waals surface area contributed by atoms with Crippen molar-refractivity contribution in [2.45, 2.75) is 30.4 Å². The summed E-state index contributed by atoms with van der Waals surface area (Å²) in [4.78, 5) is 26.3. The molecule has 1 N–H and O–H groups in total. The summed E-state index contributed by atoms with van der Waals surface area (Å²) in [5.41, 5.74) is 2.76. The number of methoxy groups -OCH3 is 1. The van der Waals surface area contributed by atoms with E-state index in [4.69, 9.17) is 9.72 Å². The number of rotatable bonds is 9. The van der Waals surface area contributed by atoms with Gasteiger partial charge in [0.05, 0.1) is 12.3 Å². The molecule has 1 saturated heterocycles. The number of anilines is 1. The third-order valence-corrected chi connectivity index (χ3v) is 6.62. The lowest BCUT2D eigenvalue weighted by atomic mass is 10.1. The van der Waals surface area contributed by atoms with Crippen LogP contribution in [0.5, 0.6) is 0 Å². The predicted molar refractivity (Wildman–Crippen MR) is 124 cm³/mol. The van der Waals surface area contributed by atoms with E-state index in [1.54, 1.807) is 18.9 Å². The van der Waals surface area contributed by atoms with Gasteiger partial charge in [-0.05, 0) is 43.5 Å². The summed E-state index contributed by atoms with van der Waals surface area (Å²) in [5.74, 6) is 2.42. The molecule has 8 heteroatoms. The fourth-order valence-electron chi connectivity index (χ4n) is 3.50. The number of amides is 1. The van der Waals surface area contributed by atoms with Gasteiger partial charge in [-0.25, -0.2) is 9.97 Å². The van der Waals surface area contributed by atoms with E-state index in [-0.39, 0.29) is 5.91 Å². The van der Waals surface area contributed by atoms with Crippen molar-refractivity contribution in [1.29, 1.82) is 0 Å². The van der Waals surface area contributed by atoms with E-state index in [1.807, 2.05) is 30.3 Å². The van der Waals surface area contributed by atoms with Crippen LogP contribution in [0, 0.1) is 5.92 Å². The van der Waals surface area contributed by atoms with E-state index >= 15 is 0 Å². The van der Waals surface area contributed by atoms with Gasteiger partial charge in [0, 0.05) is 57.2 Å². The number of piperazine rings is 1. The SMILES string of the molecule is COCc1cc(N2CCN(C)CC2)nc(SCc2ccc(C(=O)NCC3CC3)cc2)n1. The highest BCUT2D eigenvalue weighted by Crippen LogP contribution is 2.28. The molecule has 2 aliphatic rings. The maximum atomic E-state index is 12.2. The zero-order chi connectivity index (χ0) is 21.6.